The predicted octanol–water partition coefficient (Wildman–Crippen LogP) is 2.98. The summed E-state index contributed by atoms with van der Waals surface area (Å²) in [5.74, 6) is 0.672. The minimum atomic E-state index is -3.34. The average Bonchev–Trinajstić information content (AvgIpc) is 3.07. The van der Waals surface area contributed by atoms with Gasteiger partial charge in [0.15, 0.2) is 15.8 Å². The SMILES string of the molecule is CCNC(=NCC1(C)CCCO1)NC(CC)CS(=O)(=O)c1ccccc1.I. The van der Waals surface area contributed by atoms with Gasteiger partial charge in [0.2, 0.25) is 0 Å². The van der Waals surface area contributed by atoms with Gasteiger partial charge in [-0.25, -0.2) is 8.42 Å². The highest BCUT2D eigenvalue weighted by atomic mass is 127. The first-order chi connectivity index (χ1) is 12.4. The number of sulfone groups is 1. The third-order valence-electron chi connectivity index (χ3n) is 4.57. The van der Waals surface area contributed by atoms with Crippen LogP contribution in [-0.2, 0) is 14.6 Å². The van der Waals surface area contributed by atoms with Crippen molar-refractivity contribution in [2.75, 3.05) is 25.4 Å². The smallest absolute Gasteiger partial charge is 0.191 e. The van der Waals surface area contributed by atoms with E-state index in [9.17, 15) is 8.42 Å². The first-order valence-corrected chi connectivity index (χ1v) is 11.0. The fraction of sp³-hybridized carbons (Fsp3) is 0.632. The second-order valence-corrected chi connectivity index (χ2v) is 8.98. The number of ether oxygens (including phenoxy) is 1. The molecule has 2 rings (SSSR count). The van der Waals surface area contributed by atoms with Crippen molar-refractivity contribution in [2.24, 2.45) is 4.99 Å². The molecule has 1 aliphatic heterocycles. The third kappa shape index (κ3) is 7.57. The summed E-state index contributed by atoms with van der Waals surface area (Å²) in [5.41, 5.74) is -0.222. The summed E-state index contributed by atoms with van der Waals surface area (Å²) in [7, 11) is -3.34. The number of rotatable bonds is 8. The number of benzene rings is 1. The van der Waals surface area contributed by atoms with Crippen LogP contribution < -0.4 is 10.6 Å². The standard InChI is InChI=1S/C19H31N3O3S.HI/c1-4-16(14-26(23,24)17-10-7-6-8-11-17)22-18(20-5-2)21-15-19(3)12-9-13-25-19;/h6-8,10-11,16H,4-5,9,12-15H2,1-3H3,(H2,20,21,22);1H. The van der Waals surface area contributed by atoms with E-state index in [0.717, 1.165) is 19.4 Å². The van der Waals surface area contributed by atoms with E-state index in [-0.39, 0.29) is 41.4 Å². The van der Waals surface area contributed by atoms with Gasteiger partial charge in [0.1, 0.15) is 0 Å². The van der Waals surface area contributed by atoms with Crippen molar-refractivity contribution in [2.45, 2.75) is 56.6 Å². The van der Waals surface area contributed by atoms with Crippen LogP contribution in [0, 0.1) is 0 Å². The molecule has 1 aromatic rings. The lowest BCUT2D eigenvalue weighted by Crippen LogP contribution is -2.46. The van der Waals surface area contributed by atoms with E-state index in [0.29, 0.717) is 30.4 Å². The Morgan fingerprint density at radius 2 is 2.00 bits per heavy atom. The summed E-state index contributed by atoms with van der Waals surface area (Å²) in [5, 5.41) is 6.48. The second-order valence-electron chi connectivity index (χ2n) is 6.94. The maximum absolute atomic E-state index is 12.6. The maximum Gasteiger partial charge on any atom is 0.191 e. The van der Waals surface area contributed by atoms with Crippen LogP contribution in [0.15, 0.2) is 40.2 Å². The zero-order valence-corrected chi connectivity index (χ0v) is 19.5. The van der Waals surface area contributed by atoms with Gasteiger partial charge in [-0.1, -0.05) is 25.1 Å². The van der Waals surface area contributed by atoms with E-state index in [2.05, 4.69) is 22.5 Å². The molecule has 1 fully saturated rings. The van der Waals surface area contributed by atoms with E-state index in [1.807, 2.05) is 19.9 Å². The summed E-state index contributed by atoms with van der Waals surface area (Å²) in [6, 6.07) is 8.37. The summed E-state index contributed by atoms with van der Waals surface area (Å²) in [4.78, 5) is 4.99. The molecule has 1 aliphatic rings. The van der Waals surface area contributed by atoms with Gasteiger partial charge in [0.25, 0.3) is 0 Å². The first kappa shape index (κ1) is 24.2. The molecule has 2 N–H and O–H groups in total. The molecule has 0 aliphatic carbocycles. The second kappa shape index (κ2) is 11.2. The van der Waals surface area contributed by atoms with Gasteiger partial charge in [-0.15, -0.1) is 24.0 Å². The Bertz CT molecular complexity index is 689. The average molecular weight is 509 g/mol. The van der Waals surface area contributed by atoms with Crippen LogP contribution in [0.3, 0.4) is 0 Å². The van der Waals surface area contributed by atoms with Crippen LogP contribution in [0.1, 0.15) is 40.0 Å². The number of aliphatic imine (C=N–C) groups is 1. The molecule has 0 aromatic heterocycles. The molecule has 27 heavy (non-hydrogen) atoms. The van der Waals surface area contributed by atoms with Crippen molar-refractivity contribution in [3.8, 4) is 0 Å². The molecule has 1 aromatic carbocycles. The lowest BCUT2D eigenvalue weighted by Gasteiger charge is -2.23. The molecular weight excluding hydrogens is 477 g/mol. The van der Waals surface area contributed by atoms with Crippen LogP contribution in [-0.4, -0.2) is 51.5 Å². The summed E-state index contributed by atoms with van der Waals surface area (Å²) in [6.07, 6.45) is 2.74. The molecular formula is C19H32IN3O3S. The largest absolute Gasteiger partial charge is 0.373 e. The summed E-state index contributed by atoms with van der Waals surface area (Å²) >= 11 is 0. The Balaban J connectivity index is 0.00000364. The Morgan fingerprint density at radius 3 is 2.56 bits per heavy atom. The minimum absolute atomic E-state index is 0. The summed E-state index contributed by atoms with van der Waals surface area (Å²) < 4.78 is 31.1. The molecule has 6 nitrogen and oxygen atoms in total. The number of halogens is 1. The van der Waals surface area contributed by atoms with Crippen LogP contribution in [0.5, 0.6) is 0 Å². The zero-order chi connectivity index (χ0) is 19.0. The molecule has 2 atom stereocenters. The van der Waals surface area contributed by atoms with Crippen molar-refractivity contribution in [3.63, 3.8) is 0 Å². The van der Waals surface area contributed by atoms with Crippen LogP contribution >= 0.6 is 24.0 Å². The Hall–Kier alpha value is -0.870. The van der Waals surface area contributed by atoms with E-state index in [4.69, 9.17) is 4.74 Å². The van der Waals surface area contributed by atoms with Crippen LogP contribution in [0.25, 0.3) is 0 Å². The Kier molecular flexibility index (Phi) is 10.0. The quantitative estimate of drug-likeness (QED) is 0.320. The highest BCUT2D eigenvalue weighted by Gasteiger charge is 2.29. The number of hydrogen-bond acceptors (Lipinski definition) is 4. The van der Waals surface area contributed by atoms with Gasteiger partial charge in [0.05, 0.1) is 22.8 Å². The molecule has 8 heteroatoms. The van der Waals surface area contributed by atoms with Gasteiger partial charge in [0, 0.05) is 19.2 Å². The number of guanidine groups is 1. The Labute approximate surface area is 180 Å². The predicted molar refractivity (Wildman–Crippen MR) is 121 cm³/mol. The van der Waals surface area contributed by atoms with E-state index in [1.165, 1.54) is 0 Å². The van der Waals surface area contributed by atoms with Crippen molar-refractivity contribution in [3.05, 3.63) is 30.3 Å². The number of nitrogens with one attached hydrogen (secondary N) is 2. The van der Waals surface area contributed by atoms with Gasteiger partial charge < -0.3 is 15.4 Å². The van der Waals surface area contributed by atoms with Crippen LogP contribution in [0.2, 0.25) is 0 Å². The fourth-order valence-electron chi connectivity index (χ4n) is 2.97. The maximum atomic E-state index is 12.6. The monoisotopic (exact) mass is 509 g/mol. The van der Waals surface area contributed by atoms with Crippen molar-refractivity contribution in [1.82, 2.24) is 10.6 Å². The highest BCUT2D eigenvalue weighted by Crippen LogP contribution is 2.25. The molecule has 0 amide bonds. The lowest BCUT2D eigenvalue weighted by atomic mass is 10.0. The lowest BCUT2D eigenvalue weighted by molar-refractivity contribution is 0.0283. The Morgan fingerprint density at radius 1 is 1.30 bits per heavy atom. The zero-order valence-electron chi connectivity index (χ0n) is 16.4. The summed E-state index contributed by atoms with van der Waals surface area (Å²) in [6.45, 7) is 8.10. The molecule has 154 valence electrons. The van der Waals surface area contributed by atoms with Gasteiger partial charge in [-0.2, -0.15) is 0 Å². The van der Waals surface area contributed by atoms with Gasteiger partial charge in [-0.05, 0) is 45.2 Å². The molecule has 0 saturated carbocycles. The molecule has 1 heterocycles. The molecule has 2 unspecified atom stereocenters. The first-order valence-electron chi connectivity index (χ1n) is 9.35. The normalized spacial score (nSPS) is 21.4. The number of hydrogen-bond donors (Lipinski definition) is 2. The third-order valence-corrected chi connectivity index (χ3v) is 6.40. The van der Waals surface area contributed by atoms with E-state index in [1.54, 1.807) is 24.3 Å². The van der Waals surface area contributed by atoms with Crippen LogP contribution in [0.4, 0.5) is 0 Å². The van der Waals surface area contributed by atoms with Gasteiger partial charge >= 0.3 is 0 Å². The molecule has 0 spiro atoms. The number of nitrogens with zero attached hydrogens (tertiary/aromatic N) is 1. The van der Waals surface area contributed by atoms with Crippen molar-refractivity contribution in [1.29, 1.82) is 0 Å². The highest BCUT2D eigenvalue weighted by molar-refractivity contribution is 14.0. The molecule has 0 radical (unpaired) electrons. The topological polar surface area (TPSA) is 79.8 Å². The van der Waals surface area contributed by atoms with E-state index >= 15 is 0 Å². The molecule has 0 bridgehead atoms. The van der Waals surface area contributed by atoms with E-state index < -0.39 is 9.84 Å². The minimum Gasteiger partial charge on any atom is -0.373 e. The fourth-order valence-corrected chi connectivity index (χ4v) is 4.58. The molecule has 1 saturated heterocycles. The van der Waals surface area contributed by atoms with Crippen molar-refractivity contribution < 1.29 is 13.2 Å². The van der Waals surface area contributed by atoms with Crippen molar-refractivity contribution >= 4 is 39.8 Å². The van der Waals surface area contributed by atoms with Gasteiger partial charge in [-0.3, -0.25) is 4.99 Å².